The minimum atomic E-state index is -5.44. The maximum atomic E-state index is 12.8. The lowest BCUT2D eigenvalue weighted by molar-refractivity contribution is -0.161. The molecule has 2 heterocycles. The van der Waals surface area contributed by atoms with Crippen molar-refractivity contribution in [1.29, 1.82) is 0 Å². The molecule has 0 amide bonds. The molecular weight excluding hydrogens is 924 g/mol. The fourth-order valence-electron chi connectivity index (χ4n) is 6.86. The molecule has 1 aromatic heterocycles. The SMILES string of the molecule is CCCCC/C=C\C=C/[C@@H](O)C/C=C\C/C=C/CCCC(=O)OC[C@H](COP(=O)(O)OP(=O)(O)OC[C@H]1O[C@@H](n2ccc(N)nc2=O)[C@H](O)[C@@H]1O)OC(=O)CCCCCCCCCCCC(C)C. The highest BCUT2D eigenvalue weighted by molar-refractivity contribution is 7.61. The second-order valence-electron chi connectivity index (χ2n) is 17.3. The first kappa shape index (κ1) is 60.8. The second kappa shape index (κ2) is 34.9. The Morgan fingerprint density at radius 2 is 1.47 bits per heavy atom. The lowest BCUT2D eigenvalue weighted by Crippen LogP contribution is -2.36. The first-order chi connectivity index (χ1) is 32.4. The molecule has 0 aromatic carbocycles. The van der Waals surface area contributed by atoms with Crippen LogP contribution in [0.15, 0.2) is 65.7 Å². The van der Waals surface area contributed by atoms with Crippen molar-refractivity contribution in [2.75, 3.05) is 25.6 Å². The van der Waals surface area contributed by atoms with Gasteiger partial charge in [-0.05, 0) is 56.9 Å². The Labute approximate surface area is 402 Å². The van der Waals surface area contributed by atoms with E-state index >= 15 is 0 Å². The molecular formula is C47H79N3O16P2. The van der Waals surface area contributed by atoms with Crippen LogP contribution in [0, 0.1) is 5.92 Å². The fourth-order valence-corrected chi connectivity index (χ4v) is 8.97. The number of hydrogen-bond donors (Lipinski definition) is 6. The molecule has 68 heavy (non-hydrogen) atoms. The number of carbonyl (C=O) groups is 2. The van der Waals surface area contributed by atoms with Crippen LogP contribution in [0.1, 0.15) is 155 Å². The molecule has 1 aromatic rings. The maximum Gasteiger partial charge on any atom is 0.481 e. The molecule has 1 aliphatic heterocycles. The molecule has 19 nitrogen and oxygen atoms in total. The number of esters is 2. The standard InChI is InChI=1S/C47H79N3O16P2/c1-4-5-6-7-12-18-23-28-38(51)29-24-19-14-11-16-20-25-30-42(52)61-34-39(64-43(53)31-26-21-15-10-8-9-13-17-22-27-37(2)3)35-62-67(57,58)66-68(59,60)63-36-40-44(54)45(55)46(65-40)50-33-32-41(48)49-47(50)56/h11-12,16,18-19,23-24,28,32-33,37-40,44-46,51,54-55H,4-10,13-15,17,20-22,25-27,29-31,34-36H2,1-3H3,(H,57,58)(H,59,60)(H2,48,49,56)/b16-11+,18-12-,24-19-,28-23-/t38-,39-,40-,44-,45-,46-/m1/s1. The van der Waals surface area contributed by atoms with Crippen molar-refractivity contribution in [3.05, 3.63) is 71.4 Å². The summed E-state index contributed by atoms with van der Waals surface area (Å²) in [6.07, 6.45) is 25.4. The molecule has 0 saturated carbocycles. The summed E-state index contributed by atoms with van der Waals surface area (Å²) in [7, 11) is -10.9. The third-order valence-corrected chi connectivity index (χ3v) is 13.3. The smallest absolute Gasteiger partial charge is 0.462 e. The first-order valence-corrected chi connectivity index (χ1v) is 27.1. The van der Waals surface area contributed by atoms with Gasteiger partial charge in [-0.2, -0.15) is 9.29 Å². The second-order valence-corrected chi connectivity index (χ2v) is 20.3. The zero-order valence-corrected chi connectivity index (χ0v) is 42.0. The van der Waals surface area contributed by atoms with E-state index in [0.29, 0.717) is 32.1 Å². The van der Waals surface area contributed by atoms with Crippen molar-refractivity contribution in [2.24, 2.45) is 5.92 Å². The Balaban J connectivity index is 1.85. The lowest BCUT2D eigenvalue weighted by atomic mass is 10.0. The van der Waals surface area contributed by atoms with Crippen LogP contribution in [0.5, 0.6) is 0 Å². The highest BCUT2D eigenvalue weighted by Crippen LogP contribution is 2.60. The normalized spacial score (nSPS) is 20.4. The van der Waals surface area contributed by atoms with Crippen LogP contribution >= 0.6 is 15.6 Å². The highest BCUT2D eigenvalue weighted by atomic mass is 31.3. The molecule has 0 spiro atoms. The number of hydrogen-bond acceptors (Lipinski definition) is 16. The molecule has 1 aliphatic rings. The third kappa shape index (κ3) is 28.4. The van der Waals surface area contributed by atoms with E-state index in [1.54, 1.807) is 6.08 Å². The summed E-state index contributed by atoms with van der Waals surface area (Å²) in [4.78, 5) is 61.7. The van der Waals surface area contributed by atoms with Gasteiger partial charge in [-0.25, -0.2) is 13.9 Å². The zero-order chi connectivity index (χ0) is 50.2. The van der Waals surface area contributed by atoms with Crippen LogP contribution in [0.2, 0.25) is 0 Å². The van der Waals surface area contributed by atoms with E-state index in [1.165, 1.54) is 51.0 Å². The van der Waals surface area contributed by atoms with Gasteiger partial charge in [0.05, 0.1) is 19.3 Å². The number of aromatic nitrogens is 2. The van der Waals surface area contributed by atoms with Crippen LogP contribution in [-0.2, 0) is 46.3 Å². The number of phosphoric acid groups is 2. The minimum Gasteiger partial charge on any atom is -0.462 e. The maximum absolute atomic E-state index is 12.8. The molecule has 21 heteroatoms. The minimum absolute atomic E-state index is 0.0165. The van der Waals surface area contributed by atoms with Crippen molar-refractivity contribution in [3.63, 3.8) is 0 Å². The predicted octanol–water partition coefficient (Wildman–Crippen LogP) is 8.21. The molecule has 7 N–H and O–H groups in total. The number of rotatable bonds is 38. The molecule has 388 valence electrons. The Morgan fingerprint density at radius 1 is 0.824 bits per heavy atom. The van der Waals surface area contributed by atoms with Gasteiger partial charge in [-0.3, -0.25) is 23.2 Å². The van der Waals surface area contributed by atoms with E-state index in [-0.39, 0.29) is 18.7 Å². The summed E-state index contributed by atoms with van der Waals surface area (Å²) in [5.74, 6) is -0.691. The van der Waals surface area contributed by atoms with Crippen LogP contribution in [-0.4, -0.2) is 96.9 Å². The fraction of sp³-hybridized carbons (Fsp3) is 0.702. The van der Waals surface area contributed by atoms with E-state index in [9.17, 15) is 48.6 Å². The Morgan fingerprint density at radius 3 is 2.16 bits per heavy atom. The number of nitrogens with two attached hydrogens (primary N) is 1. The summed E-state index contributed by atoms with van der Waals surface area (Å²) in [6.45, 7) is 4.23. The van der Waals surface area contributed by atoms with E-state index in [1.807, 2.05) is 36.5 Å². The number of aliphatic hydroxyl groups excluding tert-OH is 3. The van der Waals surface area contributed by atoms with Crippen LogP contribution in [0.3, 0.4) is 0 Å². The Kier molecular flexibility index (Phi) is 31.2. The van der Waals surface area contributed by atoms with E-state index in [2.05, 4.69) is 36.1 Å². The lowest BCUT2D eigenvalue weighted by Gasteiger charge is -2.21. The van der Waals surface area contributed by atoms with Gasteiger partial charge in [0.25, 0.3) is 0 Å². The largest absolute Gasteiger partial charge is 0.481 e. The van der Waals surface area contributed by atoms with E-state index < -0.39 is 89.8 Å². The van der Waals surface area contributed by atoms with Gasteiger partial charge in [0.2, 0.25) is 0 Å². The average molecular weight is 1000 g/mol. The molecule has 0 radical (unpaired) electrons. The molecule has 0 bridgehead atoms. The first-order valence-electron chi connectivity index (χ1n) is 24.1. The molecule has 0 aliphatic carbocycles. The summed E-state index contributed by atoms with van der Waals surface area (Å²) in [5, 5.41) is 31.0. The monoisotopic (exact) mass is 1000 g/mol. The number of ether oxygens (including phenoxy) is 3. The summed E-state index contributed by atoms with van der Waals surface area (Å²) >= 11 is 0. The number of carbonyl (C=O) groups excluding carboxylic acids is 2. The molecule has 1 fully saturated rings. The van der Waals surface area contributed by atoms with Crippen LogP contribution < -0.4 is 11.4 Å². The summed E-state index contributed by atoms with van der Waals surface area (Å²) in [5.41, 5.74) is 4.57. The van der Waals surface area contributed by atoms with Gasteiger partial charge in [0.1, 0.15) is 30.7 Å². The molecule has 2 rings (SSSR count). The van der Waals surface area contributed by atoms with Gasteiger partial charge in [-0.1, -0.05) is 140 Å². The van der Waals surface area contributed by atoms with Crippen molar-refractivity contribution in [1.82, 2.24) is 9.55 Å². The number of allylic oxidation sites excluding steroid dienone is 6. The molecule has 8 atom stereocenters. The van der Waals surface area contributed by atoms with Gasteiger partial charge in [0, 0.05) is 19.0 Å². The summed E-state index contributed by atoms with van der Waals surface area (Å²) < 4.78 is 56.6. The average Bonchev–Trinajstić information content (AvgIpc) is 3.55. The van der Waals surface area contributed by atoms with Crippen LogP contribution in [0.4, 0.5) is 5.82 Å². The van der Waals surface area contributed by atoms with Gasteiger partial charge >= 0.3 is 33.3 Å². The number of anilines is 1. The van der Waals surface area contributed by atoms with Gasteiger partial charge < -0.3 is 45.1 Å². The number of nitrogen functional groups attached to an aromatic ring is 1. The number of aliphatic hydroxyl groups is 3. The zero-order valence-electron chi connectivity index (χ0n) is 40.2. The van der Waals surface area contributed by atoms with E-state index in [4.69, 9.17) is 29.0 Å². The number of nitrogens with zero attached hydrogens (tertiary/aromatic N) is 2. The molecule has 2 unspecified atom stereocenters. The van der Waals surface area contributed by atoms with Gasteiger partial charge in [0.15, 0.2) is 12.3 Å². The van der Waals surface area contributed by atoms with Crippen molar-refractivity contribution in [3.8, 4) is 0 Å². The van der Waals surface area contributed by atoms with Gasteiger partial charge in [-0.15, -0.1) is 0 Å². The topological polar surface area (TPSA) is 286 Å². The van der Waals surface area contributed by atoms with Crippen molar-refractivity contribution < 1.29 is 71.4 Å². The predicted molar refractivity (Wildman–Crippen MR) is 258 cm³/mol. The molecule has 1 saturated heterocycles. The summed E-state index contributed by atoms with van der Waals surface area (Å²) in [6, 6.07) is 1.24. The number of unbranched alkanes of at least 4 members (excludes halogenated alkanes) is 12. The van der Waals surface area contributed by atoms with E-state index in [0.717, 1.165) is 55.2 Å². The Bertz CT molecular complexity index is 1860. The van der Waals surface area contributed by atoms with Crippen molar-refractivity contribution >= 4 is 33.4 Å². The highest BCUT2D eigenvalue weighted by Gasteiger charge is 2.46. The van der Waals surface area contributed by atoms with Crippen LogP contribution in [0.25, 0.3) is 0 Å². The third-order valence-electron chi connectivity index (χ3n) is 10.7. The number of phosphoric ester groups is 2. The van der Waals surface area contributed by atoms with Crippen molar-refractivity contribution in [2.45, 2.75) is 186 Å². The quantitative estimate of drug-likeness (QED) is 0.0120. The Hall–Kier alpha value is -3.32.